The molecule has 1 fully saturated rings. The molecule has 29 heavy (non-hydrogen) atoms. The number of imide groups is 1. The van der Waals surface area contributed by atoms with Crippen LogP contribution in [0.3, 0.4) is 0 Å². The molecule has 0 N–H and O–H groups in total. The van der Waals surface area contributed by atoms with Gasteiger partial charge in [-0.1, -0.05) is 0 Å². The molecule has 1 aromatic heterocycles. The lowest BCUT2D eigenvalue weighted by molar-refractivity contribution is -0.127. The first-order valence-corrected chi connectivity index (χ1v) is 9.22. The number of nitrogens with zero attached hydrogens (tertiary/aromatic N) is 3. The zero-order valence-electron chi connectivity index (χ0n) is 16.6. The van der Waals surface area contributed by atoms with Crippen LogP contribution in [0.2, 0.25) is 0 Å². The van der Waals surface area contributed by atoms with E-state index in [-0.39, 0.29) is 23.8 Å². The van der Waals surface area contributed by atoms with Crippen molar-refractivity contribution in [1.29, 1.82) is 0 Å². The van der Waals surface area contributed by atoms with Crippen molar-refractivity contribution in [3.05, 3.63) is 53.9 Å². The first-order valence-electron chi connectivity index (χ1n) is 9.22. The molecule has 0 aliphatic carbocycles. The minimum Gasteiger partial charge on any atom is -0.452 e. The van der Waals surface area contributed by atoms with E-state index in [9.17, 15) is 14.4 Å². The number of esters is 1. The van der Waals surface area contributed by atoms with Crippen LogP contribution in [0.1, 0.15) is 43.6 Å². The van der Waals surface area contributed by atoms with E-state index in [0.717, 1.165) is 10.5 Å². The van der Waals surface area contributed by atoms with Gasteiger partial charge in [-0.15, -0.1) is 0 Å². The van der Waals surface area contributed by atoms with Gasteiger partial charge in [-0.25, -0.2) is 14.5 Å². The molecule has 8 nitrogen and oxygen atoms in total. The second-order valence-electron chi connectivity index (χ2n) is 8.00. The van der Waals surface area contributed by atoms with Gasteiger partial charge in [-0.2, -0.15) is 0 Å². The number of hydrogen-bond acceptors (Lipinski definition) is 6. The number of aromatic nitrogens is 1. The molecule has 0 radical (unpaired) electrons. The van der Waals surface area contributed by atoms with Gasteiger partial charge < -0.3 is 14.4 Å². The van der Waals surface area contributed by atoms with Crippen molar-refractivity contribution in [1.82, 2.24) is 9.88 Å². The number of cyclic esters (lactones) is 1. The third-order valence-electron chi connectivity index (χ3n) is 5.05. The average Bonchev–Trinajstić information content (AvgIpc) is 2.81. The Hall–Kier alpha value is -3.42. The summed E-state index contributed by atoms with van der Waals surface area (Å²) in [7, 11) is 0. The van der Waals surface area contributed by atoms with Crippen LogP contribution in [0.4, 0.5) is 10.5 Å². The van der Waals surface area contributed by atoms with E-state index in [2.05, 4.69) is 4.98 Å². The highest BCUT2D eigenvalue weighted by atomic mass is 16.7. The van der Waals surface area contributed by atoms with Crippen molar-refractivity contribution in [2.45, 2.75) is 45.6 Å². The third-order valence-corrected chi connectivity index (χ3v) is 5.05. The zero-order valence-corrected chi connectivity index (χ0v) is 16.6. The summed E-state index contributed by atoms with van der Waals surface area (Å²) in [6.45, 7) is 6.93. The molecule has 2 aliphatic rings. The highest BCUT2D eigenvalue weighted by molar-refractivity contribution is 6.23. The normalized spacial score (nSPS) is 19.7. The van der Waals surface area contributed by atoms with Gasteiger partial charge in [0.2, 0.25) is 5.79 Å². The molecule has 1 saturated heterocycles. The van der Waals surface area contributed by atoms with Crippen LogP contribution < -0.4 is 9.64 Å². The second-order valence-corrected chi connectivity index (χ2v) is 8.00. The van der Waals surface area contributed by atoms with Crippen LogP contribution in [0.5, 0.6) is 5.75 Å². The number of rotatable bonds is 3. The van der Waals surface area contributed by atoms with Gasteiger partial charge in [0, 0.05) is 38.9 Å². The topological polar surface area (TPSA) is 89.0 Å². The Labute approximate surface area is 168 Å². The Balaban J connectivity index is 1.70. The van der Waals surface area contributed by atoms with Crippen LogP contribution in [0.25, 0.3) is 0 Å². The minimum atomic E-state index is -1.13. The Morgan fingerprint density at radius 1 is 0.966 bits per heavy atom. The van der Waals surface area contributed by atoms with Crippen LogP contribution in [0, 0.1) is 0 Å². The highest BCUT2D eigenvalue weighted by Crippen LogP contribution is 2.38. The maximum Gasteiger partial charge on any atom is 0.345 e. The van der Waals surface area contributed by atoms with Gasteiger partial charge >= 0.3 is 12.0 Å². The number of carbonyl (C=O) groups excluding carboxylic acids is 3. The van der Waals surface area contributed by atoms with Crippen molar-refractivity contribution in [3.8, 4) is 5.75 Å². The molecule has 3 amide bonds. The van der Waals surface area contributed by atoms with Crippen LogP contribution >= 0.6 is 0 Å². The lowest BCUT2D eigenvalue weighted by Crippen LogP contribution is -2.43. The summed E-state index contributed by atoms with van der Waals surface area (Å²) in [5, 5.41) is 0. The number of hydrogen-bond donors (Lipinski definition) is 0. The number of amides is 3. The summed E-state index contributed by atoms with van der Waals surface area (Å²) < 4.78 is 10.9. The van der Waals surface area contributed by atoms with Gasteiger partial charge in [-0.3, -0.25) is 9.78 Å². The highest BCUT2D eigenvalue weighted by Gasteiger charge is 2.52. The van der Waals surface area contributed by atoms with E-state index in [1.807, 2.05) is 0 Å². The lowest BCUT2D eigenvalue weighted by Gasteiger charge is -2.32. The zero-order chi connectivity index (χ0) is 21.0. The quantitative estimate of drug-likeness (QED) is 0.586. The number of ether oxygens (including phenoxy) is 2. The molecule has 0 spiro atoms. The molecule has 2 aliphatic heterocycles. The predicted molar refractivity (Wildman–Crippen MR) is 103 cm³/mol. The van der Waals surface area contributed by atoms with Crippen molar-refractivity contribution in [2.24, 2.45) is 0 Å². The van der Waals surface area contributed by atoms with Crippen molar-refractivity contribution in [3.63, 3.8) is 0 Å². The predicted octanol–water partition coefficient (Wildman–Crippen LogP) is 3.11. The molecule has 3 heterocycles. The first-order chi connectivity index (χ1) is 13.6. The molecule has 0 unspecified atom stereocenters. The van der Waals surface area contributed by atoms with Crippen LogP contribution in [-0.2, 0) is 16.1 Å². The van der Waals surface area contributed by atoms with E-state index in [0.29, 0.717) is 5.69 Å². The molecular formula is C21H21N3O5. The molecule has 8 heteroatoms. The van der Waals surface area contributed by atoms with Gasteiger partial charge in [0.15, 0.2) is 0 Å². The largest absolute Gasteiger partial charge is 0.452 e. The molecule has 0 saturated carbocycles. The monoisotopic (exact) mass is 395 g/mol. The number of benzene rings is 1. The fraction of sp³-hybridized carbons (Fsp3) is 0.333. The Morgan fingerprint density at radius 2 is 1.66 bits per heavy atom. The molecule has 0 atom stereocenters. The molecular weight excluding hydrogens is 374 g/mol. The Bertz CT molecular complexity index is 1020. The average molecular weight is 395 g/mol. The Kier molecular flexibility index (Phi) is 4.11. The van der Waals surface area contributed by atoms with E-state index in [4.69, 9.17) is 9.47 Å². The lowest BCUT2D eigenvalue weighted by atomic mass is 10.0. The number of fused-ring (bicyclic) bond motifs is 1. The maximum absolute atomic E-state index is 13.2. The molecule has 150 valence electrons. The fourth-order valence-electron chi connectivity index (χ4n) is 3.47. The molecule has 1 aromatic carbocycles. The third kappa shape index (κ3) is 3.10. The summed E-state index contributed by atoms with van der Waals surface area (Å²) >= 11 is 0. The van der Waals surface area contributed by atoms with Gasteiger partial charge in [0.25, 0.3) is 5.91 Å². The van der Waals surface area contributed by atoms with Gasteiger partial charge in [-0.05, 0) is 43.7 Å². The summed E-state index contributed by atoms with van der Waals surface area (Å²) in [6, 6.07) is 7.74. The van der Waals surface area contributed by atoms with E-state index < -0.39 is 23.3 Å². The summed E-state index contributed by atoms with van der Waals surface area (Å²) in [4.78, 5) is 45.1. The fourth-order valence-corrected chi connectivity index (χ4v) is 3.47. The number of pyridine rings is 1. The summed E-state index contributed by atoms with van der Waals surface area (Å²) in [5.74, 6) is -1.72. The van der Waals surface area contributed by atoms with Crippen molar-refractivity contribution >= 4 is 23.6 Å². The van der Waals surface area contributed by atoms with E-state index >= 15 is 0 Å². The summed E-state index contributed by atoms with van der Waals surface area (Å²) in [5.41, 5.74) is 0.430. The molecule has 0 bridgehead atoms. The number of anilines is 1. The standard InChI is InChI=1S/C21H21N3O5/c1-20(2)18(26)24(19(27)23(20)12-13-7-9-22-10-8-13)14-5-6-15-16(11-14)28-21(3,4)29-17(15)25/h5-11H,12H2,1-4H3. The van der Waals surface area contributed by atoms with E-state index in [1.54, 1.807) is 58.3 Å². The number of carbonyl (C=O) groups is 3. The van der Waals surface area contributed by atoms with Crippen molar-refractivity contribution in [2.75, 3.05) is 4.90 Å². The number of urea groups is 1. The summed E-state index contributed by atoms with van der Waals surface area (Å²) in [6.07, 6.45) is 3.29. The van der Waals surface area contributed by atoms with Gasteiger partial charge in [0.1, 0.15) is 16.9 Å². The first kappa shape index (κ1) is 18.9. The molecule has 2 aromatic rings. The minimum absolute atomic E-state index is 0.250. The van der Waals surface area contributed by atoms with Crippen molar-refractivity contribution < 1.29 is 23.9 Å². The Morgan fingerprint density at radius 3 is 2.34 bits per heavy atom. The van der Waals surface area contributed by atoms with Gasteiger partial charge in [0.05, 0.1) is 5.69 Å². The maximum atomic E-state index is 13.2. The SMILES string of the molecule is CC1(C)OC(=O)c2ccc(N3C(=O)N(Cc4ccncc4)C(C)(C)C3=O)cc2O1. The van der Waals surface area contributed by atoms with E-state index in [1.165, 1.54) is 17.0 Å². The second kappa shape index (κ2) is 6.30. The smallest absolute Gasteiger partial charge is 0.345 e. The van der Waals surface area contributed by atoms with Crippen LogP contribution in [0.15, 0.2) is 42.7 Å². The molecule has 4 rings (SSSR count). The van der Waals surface area contributed by atoms with Crippen LogP contribution in [-0.4, -0.2) is 39.1 Å².